The monoisotopic (exact) mass is 178 g/mol. The topological polar surface area (TPSA) is 29.3 Å². The summed E-state index contributed by atoms with van der Waals surface area (Å²) in [6.07, 6.45) is 1.16. The van der Waals surface area contributed by atoms with Gasteiger partial charge in [0.25, 0.3) is 0 Å². The molecule has 1 aromatic carbocycles. The van der Waals surface area contributed by atoms with Crippen LogP contribution in [0.25, 0.3) is 0 Å². The molecule has 2 nitrogen and oxygen atoms in total. The average Bonchev–Trinajstić information content (AvgIpc) is 2.09. The number of rotatable bonds is 3. The quantitative estimate of drug-likeness (QED) is 0.720. The summed E-state index contributed by atoms with van der Waals surface area (Å²) in [5.41, 5.74) is 9.09. The van der Waals surface area contributed by atoms with E-state index in [4.69, 9.17) is 5.73 Å². The summed E-state index contributed by atoms with van der Waals surface area (Å²) in [5.74, 6) is 0. The lowest BCUT2D eigenvalue weighted by molar-refractivity contribution is 0.849. The zero-order valence-corrected chi connectivity index (χ0v) is 8.67. The summed E-state index contributed by atoms with van der Waals surface area (Å²) in [6.45, 7) is 5.36. The molecule has 0 bridgehead atoms. The number of anilines is 2. The van der Waals surface area contributed by atoms with Crippen molar-refractivity contribution in [3.8, 4) is 0 Å². The summed E-state index contributed by atoms with van der Waals surface area (Å²) in [4.78, 5) is 2.24. The van der Waals surface area contributed by atoms with E-state index in [0.29, 0.717) is 0 Å². The van der Waals surface area contributed by atoms with Gasteiger partial charge in [0.05, 0.1) is 0 Å². The predicted molar refractivity (Wildman–Crippen MR) is 59.2 cm³/mol. The fourth-order valence-electron chi connectivity index (χ4n) is 1.49. The standard InChI is InChI=1S/C11H18N2/c1-4-7-13(3)11-8-10(12)6-5-9(11)2/h5-6,8H,4,7,12H2,1-3H3. The molecule has 0 aliphatic rings. The highest BCUT2D eigenvalue weighted by atomic mass is 15.1. The van der Waals surface area contributed by atoms with Crippen LogP contribution >= 0.6 is 0 Å². The van der Waals surface area contributed by atoms with Crippen molar-refractivity contribution in [3.63, 3.8) is 0 Å². The first-order valence-corrected chi connectivity index (χ1v) is 4.72. The molecule has 0 atom stereocenters. The minimum absolute atomic E-state index is 0.837. The van der Waals surface area contributed by atoms with Crippen LogP contribution < -0.4 is 10.6 Å². The van der Waals surface area contributed by atoms with Crippen LogP contribution in [0.3, 0.4) is 0 Å². The Kier molecular flexibility index (Phi) is 3.18. The Morgan fingerprint density at radius 3 is 2.69 bits per heavy atom. The second-order valence-corrected chi connectivity index (χ2v) is 3.47. The largest absolute Gasteiger partial charge is 0.399 e. The third kappa shape index (κ3) is 2.38. The van der Waals surface area contributed by atoms with Gasteiger partial charge in [-0.1, -0.05) is 13.0 Å². The van der Waals surface area contributed by atoms with E-state index in [1.54, 1.807) is 0 Å². The molecule has 13 heavy (non-hydrogen) atoms. The van der Waals surface area contributed by atoms with Crippen LogP contribution in [0, 0.1) is 6.92 Å². The molecule has 0 aliphatic heterocycles. The first kappa shape index (κ1) is 9.90. The zero-order valence-electron chi connectivity index (χ0n) is 8.67. The van der Waals surface area contributed by atoms with Crippen LogP contribution in [0.5, 0.6) is 0 Å². The predicted octanol–water partition coefficient (Wildman–Crippen LogP) is 2.42. The van der Waals surface area contributed by atoms with E-state index in [1.165, 1.54) is 11.3 Å². The summed E-state index contributed by atoms with van der Waals surface area (Å²) in [6, 6.07) is 6.04. The molecule has 1 aromatic rings. The van der Waals surface area contributed by atoms with Crippen LogP contribution in [0.4, 0.5) is 11.4 Å². The maximum absolute atomic E-state index is 5.73. The molecule has 0 radical (unpaired) electrons. The number of hydrogen-bond acceptors (Lipinski definition) is 2. The fraction of sp³-hybridized carbons (Fsp3) is 0.455. The third-order valence-corrected chi connectivity index (χ3v) is 2.20. The van der Waals surface area contributed by atoms with Gasteiger partial charge in [-0.15, -0.1) is 0 Å². The average molecular weight is 178 g/mol. The first-order chi connectivity index (χ1) is 6.15. The lowest BCUT2D eigenvalue weighted by Gasteiger charge is -2.20. The molecule has 0 aromatic heterocycles. The van der Waals surface area contributed by atoms with Gasteiger partial charge in [-0.2, -0.15) is 0 Å². The van der Waals surface area contributed by atoms with Crippen molar-refractivity contribution < 1.29 is 0 Å². The van der Waals surface area contributed by atoms with E-state index in [2.05, 4.69) is 31.9 Å². The molecule has 0 saturated heterocycles. The molecular formula is C11H18N2. The van der Waals surface area contributed by atoms with Crippen molar-refractivity contribution >= 4 is 11.4 Å². The second kappa shape index (κ2) is 4.17. The van der Waals surface area contributed by atoms with Crippen molar-refractivity contribution in [2.75, 3.05) is 24.2 Å². The van der Waals surface area contributed by atoms with Gasteiger partial charge in [-0.3, -0.25) is 0 Å². The highest BCUT2D eigenvalue weighted by molar-refractivity contribution is 5.60. The van der Waals surface area contributed by atoms with Crippen molar-refractivity contribution in [1.29, 1.82) is 0 Å². The van der Waals surface area contributed by atoms with E-state index in [9.17, 15) is 0 Å². The third-order valence-electron chi connectivity index (χ3n) is 2.20. The van der Waals surface area contributed by atoms with Crippen LogP contribution in [-0.4, -0.2) is 13.6 Å². The summed E-state index contributed by atoms with van der Waals surface area (Å²) in [5, 5.41) is 0. The highest BCUT2D eigenvalue weighted by Crippen LogP contribution is 2.21. The molecule has 2 N–H and O–H groups in total. The van der Waals surface area contributed by atoms with Gasteiger partial charge in [0.1, 0.15) is 0 Å². The highest BCUT2D eigenvalue weighted by Gasteiger charge is 2.03. The van der Waals surface area contributed by atoms with Gasteiger partial charge in [0.15, 0.2) is 0 Å². The lowest BCUT2D eigenvalue weighted by Crippen LogP contribution is -2.18. The lowest BCUT2D eigenvalue weighted by atomic mass is 10.1. The Morgan fingerprint density at radius 2 is 2.08 bits per heavy atom. The van der Waals surface area contributed by atoms with E-state index in [1.807, 2.05) is 12.1 Å². The molecule has 0 saturated carbocycles. The molecule has 0 fully saturated rings. The molecule has 0 spiro atoms. The van der Waals surface area contributed by atoms with Crippen LogP contribution in [0.15, 0.2) is 18.2 Å². The maximum atomic E-state index is 5.73. The van der Waals surface area contributed by atoms with E-state index in [0.717, 1.165) is 18.7 Å². The number of nitrogens with zero attached hydrogens (tertiary/aromatic N) is 1. The van der Waals surface area contributed by atoms with Gasteiger partial charge in [0, 0.05) is 25.0 Å². The SMILES string of the molecule is CCCN(C)c1cc(N)ccc1C. The molecule has 72 valence electrons. The summed E-state index contributed by atoms with van der Waals surface area (Å²) in [7, 11) is 2.10. The van der Waals surface area contributed by atoms with Crippen LogP contribution in [0.2, 0.25) is 0 Å². The van der Waals surface area contributed by atoms with Crippen molar-refractivity contribution in [1.82, 2.24) is 0 Å². The molecule has 0 amide bonds. The normalized spacial score (nSPS) is 10.1. The molecule has 0 heterocycles. The molecule has 1 rings (SSSR count). The molecular weight excluding hydrogens is 160 g/mol. The Hall–Kier alpha value is -1.18. The van der Waals surface area contributed by atoms with E-state index < -0.39 is 0 Å². The van der Waals surface area contributed by atoms with Crippen molar-refractivity contribution in [2.45, 2.75) is 20.3 Å². The van der Waals surface area contributed by atoms with Crippen LogP contribution in [0.1, 0.15) is 18.9 Å². The van der Waals surface area contributed by atoms with Gasteiger partial charge in [0.2, 0.25) is 0 Å². The van der Waals surface area contributed by atoms with Crippen molar-refractivity contribution in [2.24, 2.45) is 0 Å². The Balaban J connectivity index is 2.91. The van der Waals surface area contributed by atoms with Gasteiger partial charge < -0.3 is 10.6 Å². The van der Waals surface area contributed by atoms with Crippen LogP contribution in [-0.2, 0) is 0 Å². The summed E-state index contributed by atoms with van der Waals surface area (Å²) < 4.78 is 0. The second-order valence-electron chi connectivity index (χ2n) is 3.47. The number of benzene rings is 1. The Bertz CT molecular complexity index is 281. The number of nitrogen functional groups attached to an aromatic ring is 1. The van der Waals surface area contributed by atoms with Crippen molar-refractivity contribution in [3.05, 3.63) is 23.8 Å². The minimum atomic E-state index is 0.837. The Morgan fingerprint density at radius 1 is 1.38 bits per heavy atom. The number of aryl methyl sites for hydroxylation is 1. The number of nitrogens with two attached hydrogens (primary N) is 1. The Labute approximate surface area is 80.4 Å². The minimum Gasteiger partial charge on any atom is -0.399 e. The first-order valence-electron chi connectivity index (χ1n) is 4.72. The van der Waals surface area contributed by atoms with Gasteiger partial charge >= 0.3 is 0 Å². The van der Waals surface area contributed by atoms with E-state index >= 15 is 0 Å². The fourth-order valence-corrected chi connectivity index (χ4v) is 1.49. The van der Waals surface area contributed by atoms with Gasteiger partial charge in [-0.05, 0) is 31.0 Å². The molecule has 0 aliphatic carbocycles. The summed E-state index contributed by atoms with van der Waals surface area (Å²) >= 11 is 0. The molecule has 2 heteroatoms. The number of hydrogen-bond donors (Lipinski definition) is 1. The smallest absolute Gasteiger partial charge is 0.0413 e. The maximum Gasteiger partial charge on any atom is 0.0413 e. The zero-order chi connectivity index (χ0) is 9.84. The van der Waals surface area contributed by atoms with E-state index in [-0.39, 0.29) is 0 Å². The molecule has 0 unspecified atom stereocenters. The van der Waals surface area contributed by atoms with Gasteiger partial charge in [-0.25, -0.2) is 0 Å².